The molecule has 1 saturated carbocycles. The van der Waals surface area contributed by atoms with Crippen molar-refractivity contribution in [2.24, 2.45) is 0 Å². The summed E-state index contributed by atoms with van der Waals surface area (Å²) in [5, 5.41) is 7.23. The first-order valence-electron chi connectivity index (χ1n) is 9.68. The van der Waals surface area contributed by atoms with E-state index in [1.807, 2.05) is 30.1 Å². The number of nitrogens with one attached hydrogen (secondary N) is 1. The van der Waals surface area contributed by atoms with Gasteiger partial charge in [0.25, 0.3) is 0 Å². The quantitative estimate of drug-likeness (QED) is 0.875. The summed E-state index contributed by atoms with van der Waals surface area (Å²) in [5.41, 5.74) is 1.94. The zero-order chi connectivity index (χ0) is 18.8. The van der Waals surface area contributed by atoms with E-state index in [9.17, 15) is 4.79 Å². The molecule has 0 bridgehead atoms. The maximum absolute atomic E-state index is 12.8. The highest BCUT2D eigenvalue weighted by atomic mass is 16.2. The van der Waals surface area contributed by atoms with Gasteiger partial charge in [-0.1, -0.05) is 43.2 Å². The number of benzene rings is 1. The van der Waals surface area contributed by atoms with Gasteiger partial charge in [0.15, 0.2) is 5.82 Å². The second-order valence-electron chi connectivity index (χ2n) is 7.08. The topological polar surface area (TPSA) is 64.6 Å². The highest BCUT2D eigenvalue weighted by molar-refractivity contribution is 5.98. The van der Waals surface area contributed by atoms with Crippen molar-refractivity contribution < 1.29 is 4.79 Å². The molecule has 1 aliphatic carbocycles. The van der Waals surface area contributed by atoms with Gasteiger partial charge in [0, 0.05) is 20.1 Å². The van der Waals surface area contributed by atoms with Gasteiger partial charge in [0.2, 0.25) is 5.95 Å². The number of amides is 2. The van der Waals surface area contributed by atoms with Crippen LogP contribution in [0.15, 0.2) is 36.5 Å². The molecular formula is C20H26N6O. The van der Waals surface area contributed by atoms with Gasteiger partial charge in [-0.05, 0) is 25.3 Å². The minimum absolute atomic E-state index is 0.0227. The number of nitrogens with zero attached hydrogens (tertiary/aromatic N) is 5. The number of anilines is 3. The van der Waals surface area contributed by atoms with Crippen LogP contribution in [0, 0.1) is 0 Å². The van der Waals surface area contributed by atoms with Gasteiger partial charge in [-0.25, -0.2) is 14.8 Å². The first-order chi connectivity index (χ1) is 13.2. The molecule has 7 heteroatoms. The maximum atomic E-state index is 12.8. The third-order valence-corrected chi connectivity index (χ3v) is 5.36. The van der Waals surface area contributed by atoms with E-state index in [-0.39, 0.29) is 6.03 Å². The fourth-order valence-electron chi connectivity index (χ4n) is 3.92. The Labute approximate surface area is 160 Å². The number of rotatable bonds is 5. The number of hydrogen-bond donors (Lipinski definition) is 1. The fraction of sp³-hybridized carbons (Fsp3) is 0.450. The molecule has 2 aliphatic rings. The summed E-state index contributed by atoms with van der Waals surface area (Å²) in [6.07, 6.45) is 6.32. The first-order valence-corrected chi connectivity index (χ1v) is 9.68. The molecule has 0 unspecified atom stereocenters. The molecule has 1 fully saturated rings. The molecule has 7 nitrogen and oxygen atoms in total. The van der Waals surface area contributed by atoms with Gasteiger partial charge >= 0.3 is 6.03 Å². The number of urea groups is 1. The number of aromatic nitrogens is 2. The highest BCUT2D eigenvalue weighted by Gasteiger charge is 2.39. The van der Waals surface area contributed by atoms with E-state index in [0.29, 0.717) is 25.1 Å². The molecule has 2 heterocycles. The number of carbonyl (C=O) groups is 1. The number of fused-ring (bicyclic) bond motifs is 1. The van der Waals surface area contributed by atoms with Crippen molar-refractivity contribution in [3.8, 4) is 0 Å². The normalized spacial score (nSPS) is 17.4. The third kappa shape index (κ3) is 3.29. The number of hydrazine groups is 1. The van der Waals surface area contributed by atoms with Gasteiger partial charge in [-0.2, -0.15) is 4.98 Å². The SMILES string of the molecule is CCN1C(=O)N(C)c2cnc(NCc3ccccc3)nc2N1C1CCCC1. The lowest BCUT2D eigenvalue weighted by Gasteiger charge is -2.45. The van der Waals surface area contributed by atoms with Crippen LogP contribution in [0.2, 0.25) is 0 Å². The summed E-state index contributed by atoms with van der Waals surface area (Å²) in [4.78, 5) is 23.7. The fourth-order valence-corrected chi connectivity index (χ4v) is 3.92. The molecule has 1 aromatic heterocycles. The minimum atomic E-state index is -0.0227. The van der Waals surface area contributed by atoms with E-state index >= 15 is 0 Å². The molecule has 0 spiro atoms. The Kier molecular flexibility index (Phi) is 4.83. The van der Waals surface area contributed by atoms with E-state index in [4.69, 9.17) is 4.98 Å². The lowest BCUT2D eigenvalue weighted by molar-refractivity contribution is 0.191. The maximum Gasteiger partial charge on any atom is 0.343 e. The molecule has 4 rings (SSSR count). The largest absolute Gasteiger partial charge is 0.350 e. The van der Waals surface area contributed by atoms with Crippen molar-refractivity contribution in [2.45, 2.75) is 45.2 Å². The third-order valence-electron chi connectivity index (χ3n) is 5.36. The Balaban J connectivity index is 1.65. The number of carbonyl (C=O) groups excluding carboxylic acids is 1. The molecule has 0 atom stereocenters. The second kappa shape index (κ2) is 7.42. The monoisotopic (exact) mass is 366 g/mol. The molecule has 142 valence electrons. The Morgan fingerprint density at radius 1 is 1.19 bits per heavy atom. The predicted molar refractivity (Wildman–Crippen MR) is 107 cm³/mol. The van der Waals surface area contributed by atoms with Crippen LogP contribution >= 0.6 is 0 Å². The van der Waals surface area contributed by atoms with Crippen LogP contribution in [0.3, 0.4) is 0 Å². The molecule has 0 saturated heterocycles. The highest BCUT2D eigenvalue weighted by Crippen LogP contribution is 2.38. The molecular weight excluding hydrogens is 340 g/mol. The van der Waals surface area contributed by atoms with Crippen LogP contribution in [0.25, 0.3) is 0 Å². The standard InChI is InChI=1S/C20H26N6O/c1-3-25-20(27)24(2)17-14-22-19(21-13-15-9-5-4-6-10-15)23-18(17)26(25)16-11-7-8-12-16/h4-6,9-10,14,16H,3,7-8,11-13H2,1-2H3,(H,21,22,23). The smallest absolute Gasteiger partial charge is 0.343 e. The van der Waals surface area contributed by atoms with Crippen molar-refractivity contribution in [3.63, 3.8) is 0 Å². The average Bonchev–Trinajstić information content (AvgIpc) is 3.24. The Hall–Kier alpha value is -2.83. The van der Waals surface area contributed by atoms with Crippen LogP contribution in [-0.4, -0.2) is 40.6 Å². The van der Waals surface area contributed by atoms with Crippen molar-refractivity contribution in [1.82, 2.24) is 15.0 Å². The van der Waals surface area contributed by atoms with Gasteiger partial charge in [-0.3, -0.25) is 9.91 Å². The van der Waals surface area contributed by atoms with E-state index < -0.39 is 0 Å². The van der Waals surface area contributed by atoms with Crippen LogP contribution in [0.1, 0.15) is 38.2 Å². The second-order valence-corrected chi connectivity index (χ2v) is 7.08. The lowest BCUT2D eigenvalue weighted by atomic mass is 10.2. The van der Waals surface area contributed by atoms with Crippen LogP contribution in [-0.2, 0) is 6.54 Å². The minimum Gasteiger partial charge on any atom is -0.350 e. The summed E-state index contributed by atoms with van der Waals surface area (Å²) in [5.74, 6) is 1.40. The molecule has 1 N–H and O–H groups in total. The van der Waals surface area contributed by atoms with Gasteiger partial charge in [-0.15, -0.1) is 0 Å². The van der Waals surface area contributed by atoms with Crippen molar-refractivity contribution in [3.05, 3.63) is 42.1 Å². The average molecular weight is 366 g/mol. The van der Waals surface area contributed by atoms with Crippen molar-refractivity contribution in [1.29, 1.82) is 0 Å². The summed E-state index contributed by atoms with van der Waals surface area (Å²) in [7, 11) is 1.79. The Bertz CT molecular complexity index is 805. The van der Waals surface area contributed by atoms with Crippen LogP contribution in [0.5, 0.6) is 0 Å². The lowest BCUT2D eigenvalue weighted by Crippen LogP contribution is -2.59. The summed E-state index contributed by atoms with van der Waals surface area (Å²) < 4.78 is 0. The predicted octanol–water partition coefficient (Wildman–Crippen LogP) is 3.64. The van der Waals surface area contributed by atoms with Crippen LogP contribution in [0.4, 0.5) is 22.2 Å². The van der Waals surface area contributed by atoms with Crippen molar-refractivity contribution in [2.75, 3.05) is 28.8 Å². The molecule has 1 aliphatic heterocycles. The first kappa shape index (κ1) is 17.6. The zero-order valence-electron chi connectivity index (χ0n) is 15.9. The van der Waals surface area contributed by atoms with E-state index in [1.165, 1.54) is 18.4 Å². The Morgan fingerprint density at radius 2 is 1.93 bits per heavy atom. The molecule has 0 radical (unpaired) electrons. The molecule has 27 heavy (non-hydrogen) atoms. The van der Waals surface area contributed by atoms with E-state index in [2.05, 4.69) is 27.4 Å². The van der Waals surface area contributed by atoms with E-state index in [0.717, 1.165) is 24.3 Å². The zero-order valence-corrected chi connectivity index (χ0v) is 15.9. The van der Waals surface area contributed by atoms with Crippen molar-refractivity contribution >= 4 is 23.5 Å². The molecule has 2 aromatic rings. The van der Waals surface area contributed by atoms with E-state index in [1.54, 1.807) is 18.1 Å². The molecule has 1 aromatic carbocycles. The number of hydrogen-bond acceptors (Lipinski definition) is 5. The van der Waals surface area contributed by atoms with Crippen LogP contribution < -0.4 is 15.2 Å². The molecule has 2 amide bonds. The summed E-state index contributed by atoms with van der Waals surface area (Å²) >= 11 is 0. The van der Waals surface area contributed by atoms with Gasteiger partial charge < -0.3 is 5.32 Å². The summed E-state index contributed by atoms with van der Waals surface area (Å²) in [6, 6.07) is 10.5. The van der Waals surface area contributed by atoms with Gasteiger partial charge in [0.05, 0.1) is 12.2 Å². The summed E-state index contributed by atoms with van der Waals surface area (Å²) in [6.45, 7) is 3.29. The van der Waals surface area contributed by atoms with Gasteiger partial charge in [0.1, 0.15) is 5.69 Å². The Morgan fingerprint density at radius 3 is 2.63 bits per heavy atom.